The molecule has 0 aliphatic heterocycles. The Morgan fingerprint density at radius 2 is 2.25 bits per heavy atom. The highest BCUT2D eigenvalue weighted by atomic mass is 32.2. The predicted octanol–water partition coefficient (Wildman–Crippen LogP) is 3.18. The molecule has 92 valence electrons. The van der Waals surface area contributed by atoms with Gasteiger partial charge < -0.3 is 5.73 Å². The summed E-state index contributed by atoms with van der Waals surface area (Å²) in [5.41, 5.74) is 5.58. The fourth-order valence-electron chi connectivity index (χ4n) is 2.30. The van der Waals surface area contributed by atoms with E-state index in [9.17, 15) is 0 Å². The van der Waals surface area contributed by atoms with E-state index in [0.29, 0.717) is 5.92 Å². The van der Waals surface area contributed by atoms with Crippen LogP contribution in [-0.2, 0) is 0 Å². The first-order chi connectivity index (χ1) is 7.58. The second kappa shape index (κ2) is 6.51. The fraction of sp³-hybridized carbons (Fsp3) is 0.923. The third-order valence-electron chi connectivity index (χ3n) is 3.53. The average molecular weight is 240 g/mol. The van der Waals surface area contributed by atoms with Crippen LogP contribution in [0, 0.1) is 23.2 Å². The predicted molar refractivity (Wildman–Crippen MR) is 71.3 cm³/mol. The van der Waals surface area contributed by atoms with Crippen LogP contribution in [0.1, 0.15) is 46.0 Å². The molecule has 0 aromatic rings. The summed E-state index contributed by atoms with van der Waals surface area (Å²) in [4.78, 5) is 0. The Labute approximate surface area is 104 Å². The van der Waals surface area contributed by atoms with Gasteiger partial charge in [0, 0.05) is 0 Å². The Morgan fingerprint density at radius 3 is 2.88 bits per heavy atom. The molecule has 0 aromatic heterocycles. The Morgan fingerprint density at radius 1 is 1.50 bits per heavy atom. The monoisotopic (exact) mass is 240 g/mol. The third-order valence-corrected chi connectivity index (χ3v) is 4.58. The summed E-state index contributed by atoms with van der Waals surface area (Å²) in [5, 5.41) is 9.09. The van der Waals surface area contributed by atoms with E-state index >= 15 is 0 Å². The van der Waals surface area contributed by atoms with Gasteiger partial charge in [0.2, 0.25) is 0 Å². The van der Waals surface area contributed by atoms with E-state index in [-0.39, 0.29) is 0 Å². The lowest BCUT2D eigenvalue weighted by Crippen LogP contribution is -2.41. The van der Waals surface area contributed by atoms with Crippen molar-refractivity contribution < 1.29 is 0 Å². The Balaban J connectivity index is 2.16. The normalized spacial score (nSPS) is 29.6. The molecule has 2 atom stereocenters. The molecule has 0 heterocycles. The van der Waals surface area contributed by atoms with Crippen molar-refractivity contribution in [2.75, 3.05) is 11.5 Å². The maximum atomic E-state index is 9.09. The van der Waals surface area contributed by atoms with Crippen LogP contribution in [0.5, 0.6) is 0 Å². The molecule has 0 spiro atoms. The molecule has 0 amide bonds. The summed E-state index contributed by atoms with van der Waals surface area (Å²) in [5.74, 6) is 3.64. The highest BCUT2D eigenvalue weighted by Gasteiger charge is 2.38. The SMILES string of the molecule is CC(C)CCSCCC1CCCC1(N)C#N. The van der Waals surface area contributed by atoms with Gasteiger partial charge in [-0.05, 0) is 49.0 Å². The molecular weight excluding hydrogens is 216 g/mol. The number of nitrogens with zero attached hydrogens (tertiary/aromatic N) is 1. The van der Waals surface area contributed by atoms with Gasteiger partial charge in [-0.3, -0.25) is 0 Å². The van der Waals surface area contributed by atoms with Crippen molar-refractivity contribution >= 4 is 11.8 Å². The molecule has 0 radical (unpaired) electrons. The van der Waals surface area contributed by atoms with Gasteiger partial charge in [-0.2, -0.15) is 17.0 Å². The van der Waals surface area contributed by atoms with Crippen LogP contribution in [0.4, 0.5) is 0 Å². The molecule has 1 aliphatic rings. The number of hydrogen-bond acceptors (Lipinski definition) is 3. The third kappa shape index (κ3) is 3.99. The Hall–Kier alpha value is -0.200. The number of thioether (sulfide) groups is 1. The quantitative estimate of drug-likeness (QED) is 0.725. The number of nitriles is 1. The van der Waals surface area contributed by atoms with Crippen LogP contribution in [0.3, 0.4) is 0 Å². The van der Waals surface area contributed by atoms with Gasteiger partial charge in [0.1, 0.15) is 5.54 Å². The van der Waals surface area contributed by atoms with Gasteiger partial charge in [-0.25, -0.2) is 0 Å². The van der Waals surface area contributed by atoms with Crippen molar-refractivity contribution in [3.05, 3.63) is 0 Å². The maximum absolute atomic E-state index is 9.09. The molecule has 0 saturated heterocycles. The Kier molecular flexibility index (Phi) is 5.64. The zero-order valence-corrected chi connectivity index (χ0v) is 11.4. The molecule has 1 rings (SSSR count). The first kappa shape index (κ1) is 13.9. The first-order valence-electron chi connectivity index (χ1n) is 6.36. The van der Waals surface area contributed by atoms with Crippen molar-refractivity contribution in [1.29, 1.82) is 5.26 Å². The van der Waals surface area contributed by atoms with Gasteiger partial charge >= 0.3 is 0 Å². The largest absolute Gasteiger partial charge is 0.313 e. The lowest BCUT2D eigenvalue weighted by atomic mass is 9.88. The van der Waals surface area contributed by atoms with E-state index in [0.717, 1.165) is 37.4 Å². The van der Waals surface area contributed by atoms with E-state index in [1.807, 2.05) is 11.8 Å². The van der Waals surface area contributed by atoms with Gasteiger partial charge in [0.15, 0.2) is 0 Å². The lowest BCUT2D eigenvalue weighted by Gasteiger charge is -2.23. The molecule has 16 heavy (non-hydrogen) atoms. The minimum atomic E-state index is -0.515. The molecule has 0 aromatic carbocycles. The molecule has 1 fully saturated rings. The number of hydrogen-bond donors (Lipinski definition) is 1. The summed E-state index contributed by atoms with van der Waals surface area (Å²) < 4.78 is 0. The lowest BCUT2D eigenvalue weighted by molar-refractivity contribution is 0.389. The summed E-state index contributed by atoms with van der Waals surface area (Å²) in [6.45, 7) is 4.52. The number of rotatable bonds is 6. The second-order valence-corrected chi connectivity index (χ2v) is 6.55. The topological polar surface area (TPSA) is 49.8 Å². The van der Waals surface area contributed by atoms with E-state index in [1.54, 1.807) is 0 Å². The van der Waals surface area contributed by atoms with Crippen LogP contribution in [0.25, 0.3) is 0 Å². The molecule has 2 nitrogen and oxygen atoms in total. The van der Waals surface area contributed by atoms with Gasteiger partial charge in [0.25, 0.3) is 0 Å². The molecule has 1 aliphatic carbocycles. The zero-order chi connectivity index (χ0) is 12.0. The fourth-order valence-corrected chi connectivity index (χ4v) is 3.59. The molecule has 0 bridgehead atoms. The summed E-state index contributed by atoms with van der Waals surface area (Å²) in [6.07, 6.45) is 5.58. The summed E-state index contributed by atoms with van der Waals surface area (Å²) >= 11 is 2.01. The average Bonchev–Trinajstić information content (AvgIpc) is 2.60. The van der Waals surface area contributed by atoms with E-state index in [2.05, 4.69) is 19.9 Å². The van der Waals surface area contributed by atoms with Crippen molar-refractivity contribution in [3.8, 4) is 6.07 Å². The molecule has 2 unspecified atom stereocenters. The van der Waals surface area contributed by atoms with Crippen LogP contribution in [0.15, 0.2) is 0 Å². The van der Waals surface area contributed by atoms with E-state index in [4.69, 9.17) is 11.0 Å². The summed E-state index contributed by atoms with van der Waals surface area (Å²) in [7, 11) is 0. The molecule has 2 N–H and O–H groups in total. The van der Waals surface area contributed by atoms with Crippen LogP contribution in [0.2, 0.25) is 0 Å². The number of nitrogens with two attached hydrogens (primary N) is 1. The molecule has 3 heteroatoms. The van der Waals surface area contributed by atoms with Crippen molar-refractivity contribution in [2.24, 2.45) is 17.6 Å². The summed E-state index contributed by atoms with van der Waals surface area (Å²) in [6, 6.07) is 2.32. The van der Waals surface area contributed by atoms with Gasteiger partial charge in [-0.15, -0.1) is 0 Å². The van der Waals surface area contributed by atoms with Crippen molar-refractivity contribution in [2.45, 2.75) is 51.5 Å². The van der Waals surface area contributed by atoms with Crippen molar-refractivity contribution in [3.63, 3.8) is 0 Å². The highest BCUT2D eigenvalue weighted by molar-refractivity contribution is 7.99. The highest BCUT2D eigenvalue weighted by Crippen LogP contribution is 2.36. The minimum Gasteiger partial charge on any atom is -0.313 e. The van der Waals surface area contributed by atoms with Crippen molar-refractivity contribution in [1.82, 2.24) is 0 Å². The standard InChI is InChI=1S/C13H24N2S/c1-11(2)5-8-16-9-6-12-4-3-7-13(12,15)10-14/h11-12H,3-9,15H2,1-2H3. The van der Waals surface area contributed by atoms with Crippen LogP contribution < -0.4 is 5.73 Å². The maximum Gasteiger partial charge on any atom is 0.107 e. The van der Waals surface area contributed by atoms with E-state index < -0.39 is 5.54 Å². The van der Waals surface area contributed by atoms with Crippen LogP contribution in [-0.4, -0.2) is 17.0 Å². The van der Waals surface area contributed by atoms with Gasteiger partial charge in [-0.1, -0.05) is 20.3 Å². The molecule has 1 saturated carbocycles. The zero-order valence-electron chi connectivity index (χ0n) is 10.5. The minimum absolute atomic E-state index is 0.434. The second-order valence-electron chi connectivity index (χ2n) is 5.32. The smallest absolute Gasteiger partial charge is 0.107 e. The van der Waals surface area contributed by atoms with E-state index in [1.165, 1.54) is 12.2 Å². The molecular formula is C13H24N2S. The Bertz CT molecular complexity index is 247. The van der Waals surface area contributed by atoms with Crippen LogP contribution >= 0.6 is 11.8 Å². The van der Waals surface area contributed by atoms with Gasteiger partial charge in [0.05, 0.1) is 6.07 Å². The first-order valence-corrected chi connectivity index (χ1v) is 7.52.